The van der Waals surface area contributed by atoms with Crippen LogP contribution in [0.15, 0.2) is 59.6 Å². The molecule has 0 amide bonds. The van der Waals surface area contributed by atoms with Crippen molar-refractivity contribution >= 4 is 49.8 Å². The second kappa shape index (κ2) is 5.76. The number of sulfonamides is 1. The Hall–Kier alpha value is -1.82. The zero-order valence-electron chi connectivity index (χ0n) is 11.1. The highest BCUT2D eigenvalue weighted by atomic mass is 35.5. The largest absolute Gasteiger partial charge is 0.279 e. The van der Waals surface area contributed by atoms with Gasteiger partial charge in [0, 0.05) is 11.6 Å². The van der Waals surface area contributed by atoms with Crippen LogP contribution in [-0.4, -0.2) is 13.4 Å². The van der Waals surface area contributed by atoms with E-state index >= 15 is 0 Å². The minimum absolute atomic E-state index is 0.00460. The molecule has 22 heavy (non-hydrogen) atoms. The van der Waals surface area contributed by atoms with Gasteiger partial charge in [-0.2, -0.15) is 0 Å². The number of hydrogen-bond donors (Lipinski definition) is 1. The summed E-state index contributed by atoms with van der Waals surface area (Å²) in [5.74, 6) is 0. The van der Waals surface area contributed by atoms with Crippen molar-refractivity contribution in [2.24, 2.45) is 0 Å². The van der Waals surface area contributed by atoms with Gasteiger partial charge in [-0.25, -0.2) is 8.42 Å². The zero-order chi connectivity index (χ0) is 15.7. The molecule has 2 aromatic carbocycles. The third-order valence-electron chi connectivity index (χ3n) is 3.10. The molecule has 4 nitrogen and oxygen atoms in total. The highest BCUT2D eigenvalue weighted by molar-refractivity contribution is 7.92. The zero-order valence-corrected chi connectivity index (χ0v) is 13.5. The fourth-order valence-electron chi connectivity index (χ4n) is 2.08. The molecule has 0 bridgehead atoms. The van der Waals surface area contributed by atoms with Crippen LogP contribution in [0.3, 0.4) is 0 Å². The Kier molecular flexibility index (Phi) is 3.95. The lowest BCUT2D eigenvalue weighted by Gasteiger charge is -2.12. The first kappa shape index (κ1) is 15.1. The number of anilines is 1. The van der Waals surface area contributed by atoms with Crippen molar-refractivity contribution in [1.29, 1.82) is 0 Å². The van der Waals surface area contributed by atoms with E-state index in [4.69, 9.17) is 23.2 Å². The van der Waals surface area contributed by atoms with Gasteiger partial charge in [-0.1, -0.05) is 35.3 Å². The lowest BCUT2D eigenvalue weighted by atomic mass is 10.2. The van der Waals surface area contributed by atoms with Gasteiger partial charge in [-0.3, -0.25) is 9.71 Å². The SMILES string of the molecule is O=S(=O)(Nc1cccc2ncccc12)c1cccc(Cl)c1Cl. The quantitative estimate of drug-likeness (QED) is 0.762. The van der Waals surface area contributed by atoms with Crippen LogP contribution < -0.4 is 4.72 Å². The fraction of sp³-hybridized carbons (Fsp3) is 0. The van der Waals surface area contributed by atoms with Crippen molar-refractivity contribution in [2.75, 3.05) is 4.72 Å². The number of aromatic nitrogens is 1. The molecule has 3 aromatic rings. The number of nitrogens with zero attached hydrogens (tertiary/aromatic N) is 1. The van der Waals surface area contributed by atoms with Gasteiger partial charge >= 0.3 is 0 Å². The lowest BCUT2D eigenvalue weighted by molar-refractivity contribution is 0.601. The molecule has 0 aliphatic rings. The summed E-state index contributed by atoms with van der Waals surface area (Å²) >= 11 is 11.9. The molecule has 0 radical (unpaired) electrons. The van der Waals surface area contributed by atoms with Gasteiger partial charge in [-0.15, -0.1) is 0 Å². The Morgan fingerprint density at radius 2 is 1.73 bits per heavy atom. The topological polar surface area (TPSA) is 59.1 Å². The highest BCUT2D eigenvalue weighted by Crippen LogP contribution is 2.31. The van der Waals surface area contributed by atoms with Crippen molar-refractivity contribution < 1.29 is 8.42 Å². The predicted octanol–water partition coefficient (Wildman–Crippen LogP) is 4.34. The Morgan fingerprint density at radius 3 is 2.55 bits per heavy atom. The van der Waals surface area contributed by atoms with Crippen LogP contribution in [-0.2, 0) is 10.0 Å². The van der Waals surface area contributed by atoms with E-state index in [-0.39, 0.29) is 14.9 Å². The van der Waals surface area contributed by atoms with E-state index in [9.17, 15) is 8.42 Å². The first-order valence-electron chi connectivity index (χ1n) is 6.29. The number of rotatable bonds is 3. The number of nitrogens with one attached hydrogen (secondary N) is 1. The summed E-state index contributed by atoms with van der Waals surface area (Å²) in [6.45, 7) is 0. The van der Waals surface area contributed by atoms with Crippen LogP contribution in [0.25, 0.3) is 10.9 Å². The third kappa shape index (κ3) is 2.75. The molecule has 0 saturated carbocycles. The molecular formula is C15H10Cl2N2O2S. The maximum Gasteiger partial charge on any atom is 0.263 e. The first-order valence-corrected chi connectivity index (χ1v) is 8.53. The molecule has 112 valence electrons. The normalized spacial score (nSPS) is 11.5. The van der Waals surface area contributed by atoms with E-state index in [0.717, 1.165) is 0 Å². The van der Waals surface area contributed by atoms with Crippen molar-refractivity contribution in [2.45, 2.75) is 4.90 Å². The van der Waals surface area contributed by atoms with Crippen molar-refractivity contribution in [3.8, 4) is 0 Å². The summed E-state index contributed by atoms with van der Waals surface area (Å²) in [5.41, 5.74) is 1.13. The molecule has 1 aromatic heterocycles. The van der Waals surface area contributed by atoms with E-state index in [2.05, 4.69) is 9.71 Å². The van der Waals surface area contributed by atoms with Gasteiger partial charge in [0.2, 0.25) is 0 Å². The highest BCUT2D eigenvalue weighted by Gasteiger charge is 2.20. The second-order valence-electron chi connectivity index (χ2n) is 4.53. The minimum atomic E-state index is -3.85. The van der Waals surface area contributed by atoms with Gasteiger partial charge < -0.3 is 0 Å². The third-order valence-corrected chi connectivity index (χ3v) is 5.43. The Labute approximate surface area is 137 Å². The van der Waals surface area contributed by atoms with Gasteiger partial charge in [-0.05, 0) is 36.4 Å². The maximum atomic E-state index is 12.5. The average Bonchev–Trinajstić information content (AvgIpc) is 2.50. The predicted molar refractivity (Wildman–Crippen MR) is 89.0 cm³/mol. The van der Waals surface area contributed by atoms with Gasteiger partial charge in [0.15, 0.2) is 0 Å². The van der Waals surface area contributed by atoms with Crippen molar-refractivity contribution in [3.63, 3.8) is 0 Å². The monoisotopic (exact) mass is 352 g/mol. The molecular weight excluding hydrogens is 343 g/mol. The van der Waals surface area contributed by atoms with Gasteiger partial charge in [0.25, 0.3) is 10.0 Å². The Morgan fingerprint density at radius 1 is 0.955 bits per heavy atom. The smallest absolute Gasteiger partial charge is 0.263 e. The summed E-state index contributed by atoms with van der Waals surface area (Å²) in [4.78, 5) is 4.13. The van der Waals surface area contributed by atoms with Crippen LogP contribution in [0.1, 0.15) is 0 Å². The molecule has 0 aliphatic carbocycles. The number of hydrogen-bond acceptors (Lipinski definition) is 3. The van der Waals surface area contributed by atoms with Crippen LogP contribution in [0, 0.1) is 0 Å². The standard InChI is InChI=1S/C15H10Cl2N2O2S/c16-11-5-1-8-14(15(11)17)22(20,21)19-13-7-2-6-12-10(13)4-3-9-18-12/h1-9,19H. The molecule has 1 heterocycles. The number of halogens is 2. The Bertz CT molecular complexity index is 953. The molecule has 0 saturated heterocycles. The summed E-state index contributed by atoms with van der Waals surface area (Å²) in [7, 11) is -3.85. The molecule has 7 heteroatoms. The van der Waals surface area contributed by atoms with Crippen molar-refractivity contribution in [3.05, 3.63) is 64.8 Å². The minimum Gasteiger partial charge on any atom is -0.279 e. The number of benzene rings is 2. The van der Waals surface area contributed by atoms with Crippen LogP contribution >= 0.6 is 23.2 Å². The molecule has 3 rings (SSSR count). The summed E-state index contributed by atoms with van der Waals surface area (Å²) in [5, 5.41) is 0.880. The van der Waals surface area contributed by atoms with Crippen LogP contribution in [0.4, 0.5) is 5.69 Å². The summed E-state index contributed by atoms with van der Waals surface area (Å²) in [6.07, 6.45) is 1.65. The van der Waals surface area contributed by atoms with Crippen LogP contribution in [0.2, 0.25) is 10.0 Å². The van der Waals surface area contributed by atoms with E-state index in [1.54, 1.807) is 36.5 Å². The summed E-state index contributed by atoms with van der Waals surface area (Å²) in [6, 6.07) is 13.2. The number of pyridine rings is 1. The van der Waals surface area contributed by atoms with Gasteiger partial charge in [0.1, 0.15) is 4.90 Å². The molecule has 0 aliphatic heterocycles. The fourth-order valence-corrected chi connectivity index (χ4v) is 3.93. The second-order valence-corrected chi connectivity index (χ2v) is 6.97. The molecule has 0 spiro atoms. The maximum absolute atomic E-state index is 12.5. The van der Waals surface area contributed by atoms with E-state index in [1.165, 1.54) is 18.2 Å². The molecule has 0 unspecified atom stereocenters. The first-order chi connectivity index (χ1) is 10.5. The van der Waals surface area contributed by atoms with Crippen molar-refractivity contribution in [1.82, 2.24) is 4.98 Å². The average molecular weight is 353 g/mol. The van der Waals surface area contributed by atoms with Crippen LogP contribution in [0.5, 0.6) is 0 Å². The van der Waals surface area contributed by atoms with E-state index < -0.39 is 10.0 Å². The summed E-state index contributed by atoms with van der Waals surface area (Å²) < 4.78 is 27.6. The number of fused-ring (bicyclic) bond motifs is 1. The lowest BCUT2D eigenvalue weighted by Crippen LogP contribution is -2.13. The van der Waals surface area contributed by atoms with E-state index in [1.807, 2.05) is 0 Å². The van der Waals surface area contributed by atoms with Gasteiger partial charge in [0.05, 0.1) is 21.2 Å². The Balaban J connectivity index is 2.09. The molecule has 0 atom stereocenters. The van der Waals surface area contributed by atoms with E-state index in [0.29, 0.717) is 16.6 Å². The molecule has 0 fully saturated rings. The molecule has 1 N–H and O–H groups in total.